The quantitative estimate of drug-likeness (QED) is 0.199. The van der Waals surface area contributed by atoms with Crippen LogP contribution < -0.4 is 20.7 Å². The zero-order chi connectivity index (χ0) is 33.7. The summed E-state index contributed by atoms with van der Waals surface area (Å²) in [7, 11) is 1.66. The molecule has 0 aliphatic carbocycles. The molecule has 0 atom stereocenters. The van der Waals surface area contributed by atoms with E-state index in [4.69, 9.17) is 0 Å². The van der Waals surface area contributed by atoms with Gasteiger partial charge in [0.25, 0.3) is 5.56 Å². The van der Waals surface area contributed by atoms with Crippen molar-refractivity contribution in [3.63, 3.8) is 0 Å². The number of anilines is 4. The number of halogens is 1. The number of pyridine rings is 2. The summed E-state index contributed by atoms with van der Waals surface area (Å²) in [6.07, 6.45) is 8.37. The van der Waals surface area contributed by atoms with Gasteiger partial charge in [0.1, 0.15) is 17.3 Å². The summed E-state index contributed by atoms with van der Waals surface area (Å²) >= 11 is 0. The normalized spacial score (nSPS) is 16.0. The summed E-state index contributed by atoms with van der Waals surface area (Å²) < 4.78 is 16.9. The number of hydrogen-bond donors (Lipinski definition) is 4. The van der Waals surface area contributed by atoms with Crippen LogP contribution in [0, 0.1) is 5.82 Å². The minimum atomic E-state index is -1.21. The number of nitrogens with one attached hydrogen (secondary N) is 1. The highest BCUT2D eigenvalue weighted by molar-refractivity contribution is 5.91. The molecule has 0 amide bonds. The summed E-state index contributed by atoms with van der Waals surface area (Å²) in [6.45, 7) is 10.4. The van der Waals surface area contributed by atoms with Crippen molar-refractivity contribution in [2.75, 3.05) is 28.2 Å². The van der Waals surface area contributed by atoms with Crippen LogP contribution in [0.5, 0.6) is 0 Å². The second-order valence-electron chi connectivity index (χ2n) is 13.1. The number of hydrogen-bond acceptors (Lipinski definition) is 8. The first-order valence-electron chi connectivity index (χ1n) is 15.6. The standard InChI is InChI=1S/C37H40FN5O4/c1-23-34-24(17-26(19-30(34)38)36(2,3)46)11-14-43(23)32-8-6-7-28(29(32)22-44)25-18-31(35(45)41(5)21-25)40-33-10-9-27(20-39-33)42-15-12-37(4,47)13-16-42/h6-11,14,17-21,44,46-47H,1,12-13,15-16,22H2,2-5H3,(H,39,40). The number of aryl methyl sites for hydroxylation is 1. The molecule has 0 radical (unpaired) electrons. The number of piperidine rings is 1. The van der Waals surface area contributed by atoms with Gasteiger partial charge in [-0.05, 0) is 92.8 Å². The fraction of sp³-hybridized carbons (Fsp3) is 0.297. The molecule has 6 rings (SSSR count). The molecule has 2 aromatic heterocycles. The van der Waals surface area contributed by atoms with Crippen molar-refractivity contribution < 1.29 is 19.7 Å². The molecule has 0 saturated carbocycles. The summed E-state index contributed by atoms with van der Waals surface area (Å²) in [5.74, 6) is 0.00602. The molecule has 47 heavy (non-hydrogen) atoms. The average Bonchev–Trinajstić information content (AvgIpc) is 3.02. The van der Waals surface area contributed by atoms with E-state index in [1.807, 2.05) is 37.3 Å². The predicted molar refractivity (Wildman–Crippen MR) is 185 cm³/mol. The van der Waals surface area contributed by atoms with Crippen LogP contribution in [0.15, 0.2) is 78.5 Å². The van der Waals surface area contributed by atoms with Crippen molar-refractivity contribution in [2.45, 2.75) is 51.4 Å². The fourth-order valence-corrected chi connectivity index (χ4v) is 6.23. The van der Waals surface area contributed by atoms with Crippen LogP contribution in [0.25, 0.3) is 22.9 Å². The van der Waals surface area contributed by atoms with E-state index in [1.165, 1.54) is 10.6 Å². The first kappa shape index (κ1) is 32.2. The lowest BCUT2D eigenvalue weighted by Gasteiger charge is -2.37. The molecular formula is C37H40FN5O4. The van der Waals surface area contributed by atoms with Crippen LogP contribution in [-0.4, -0.2) is 43.6 Å². The van der Waals surface area contributed by atoms with Gasteiger partial charge in [-0.15, -0.1) is 0 Å². The van der Waals surface area contributed by atoms with Gasteiger partial charge in [0.15, 0.2) is 0 Å². The van der Waals surface area contributed by atoms with Crippen molar-refractivity contribution in [2.24, 2.45) is 7.05 Å². The van der Waals surface area contributed by atoms with E-state index in [2.05, 4.69) is 21.8 Å². The summed E-state index contributed by atoms with van der Waals surface area (Å²) in [4.78, 5) is 21.7. The second-order valence-corrected chi connectivity index (χ2v) is 13.1. The van der Waals surface area contributed by atoms with Gasteiger partial charge in [0, 0.05) is 54.9 Å². The molecule has 4 heterocycles. The Balaban J connectivity index is 1.30. The first-order valence-corrected chi connectivity index (χ1v) is 15.6. The zero-order valence-corrected chi connectivity index (χ0v) is 27.1. The number of rotatable bonds is 7. The van der Waals surface area contributed by atoms with Crippen LogP contribution in [0.3, 0.4) is 0 Å². The Labute approximate surface area is 273 Å². The van der Waals surface area contributed by atoms with Gasteiger partial charge in [-0.25, -0.2) is 9.37 Å². The number of fused-ring (bicyclic) bond motifs is 1. The zero-order valence-electron chi connectivity index (χ0n) is 27.1. The molecule has 0 unspecified atom stereocenters. The lowest BCUT2D eigenvalue weighted by atomic mass is 9.90. The molecule has 2 aliphatic heterocycles. The van der Waals surface area contributed by atoms with Gasteiger partial charge in [-0.2, -0.15) is 0 Å². The maximum atomic E-state index is 15.4. The monoisotopic (exact) mass is 637 g/mol. The van der Waals surface area contributed by atoms with E-state index in [1.54, 1.807) is 62.6 Å². The van der Waals surface area contributed by atoms with Gasteiger partial charge in [-0.3, -0.25) is 4.79 Å². The van der Waals surface area contributed by atoms with Gasteiger partial charge in [0.2, 0.25) is 0 Å². The molecule has 1 saturated heterocycles. The molecular weight excluding hydrogens is 597 g/mol. The summed E-state index contributed by atoms with van der Waals surface area (Å²) in [5, 5.41) is 34.5. The van der Waals surface area contributed by atoms with Crippen molar-refractivity contribution in [3.8, 4) is 11.1 Å². The topological polar surface area (TPSA) is 114 Å². The van der Waals surface area contributed by atoms with Gasteiger partial charge in [-0.1, -0.05) is 18.7 Å². The Kier molecular flexibility index (Phi) is 8.29. The Bertz CT molecular complexity index is 1930. The Hall–Kier alpha value is -4.77. The number of aliphatic hydroxyl groups is 3. The van der Waals surface area contributed by atoms with Crippen LogP contribution >= 0.6 is 0 Å². The largest absolute Gasteiger partial charge is 0.392 e. The highest BCUT2D eigenvalue weighted by Gasteiger charge is 2.28. The van der Waals surface area contributed by atoms with E-state index >= 15 is 4.39 Å². The van der Waals surface area contributed by atoms with E-state index in [0.717, 1.165) is 18.8 Å². The molecule has 1 fully saturated rings. The maximum absolute atomic E-state index is 15.4. The third-order valence-corrected chi connectivity index (χ3v) is 9.09. The first-order chi connectivity index (χ1) is 22.3. The molecule has 0 bridgehead atoms. The lowest BCUT2D eigenvalue weighted by molar-refractivity contribution is 0.0351. The highest BCUT2D eigenvalue weighted by atomic mass is 19.1. The van der Waals surface area contributed by atoms with Crippen molar-refractivity contribution in [1.82, 2.24) is 9.55 Å². The van der Waals surface area contributed by atoms with Crippen molar-refractivity contribution >= 4 is 34.7 Å². The Morgan fingerprint density at radius 2 is 1.87 bits per heavy atom. The third-order valence-electron chi connectivity index (χ3n) is 9.09. The molecule has 244 valence electrons. The second kappa shape index (κ2) is 12.1. The Morgan fingerprint density at radius 3 is 2.53 bits per heavy atom. The van der Waals surface area contributed by atoms with E-state index in [0.29, 0.717) is 69.1 Å². The predicted octanol–water partition coefficient (Wildman–Crippen LogP) is 5.86. The molecule has 9 nitrogen and oxygen atoms in total. The van der Waals surface area contributed by atoms with Gasteiger partial charge in [0.05, 0.1) is 35.4 Å². The number of aromatic nitrogens is 2. The van der Waals surface area contributed by atoms with E-state index in [-0.39, 0.29) is 12.2 Å². The minimum absolute atomic E-state index is 0.246. The third kappa shape index (κ3) is 6.32. The van der Waals surface area contributed by atoms with Crippen LogP contribution in [0.1, 0.15) is 55.9 Å². The Morgan fingerprint density at radius 1 is 1.13 bits per heavy atom. The van der Waals surface area contributed by atoms with Crippen LogP contribution in [-0.2, 0) is 19.3 Å². The average molecular weight is 638 g/mol. The molecule has 4 N–H and O–H groups in total. The fourth-order valence-electron chi connectivity index (χ4n) is 6.23. The summed E-state index contributed by atoms with van der Waals surface area (Å²) in [5.41, 5.74) is 3.50. The van der Waals surface area contributed by atoms with Gasteiger partial charge < -0.3 is 35.0 Å². The lowest BCUT2D eigenvalue weighted by Crippen LogP contribution is -2.42. The highest BCUT2D eigenvalue weighted by Crippen LogP contribution is 2.40. The van der Waals surface area contributed by atoms with E-state index < -0.39 is 17.0 Å². The minimum Gasteiger partial charge on any atom is -0.392 e. The summed E-state index contributed by atoms with van der Waals surface area (Å²) in [6, 6.07) is 14.1. The van der Waals surface area contributed by atoms with E-state index in [9.17, 15) is 20.1 Å². The SMILES string of the molecule is C=C1c2c(F)cc(C(C)(C)O)cc2C=CN1c1cccc(-c2cc(Nc3ccc(N4CCC(C)(O)CC4)cn3)c(=O)n(C)c2)c1CO. The van der Waals surface area contributed by atoms with Crippen LogP contribution in [0.2, 0.25) is 0 Å². The van der Waals surface area contributed by atoms with Crippen LogP contribution in [0.4, 0.5) is 27.3 Å². The van der Waals surface area contributed by atoms with Gasteiger partial charge >= 0.3 is 0 Å². The number of benzene rings is 2. The van der Waals surface area contributed by atoms with Crippen molar-refractivity contribution in [3.05, 3.63) is 112 Å². The molecule has 2 aliphatic rings. The molecule has 4 aromatic rings. The molecule has 2 aromatic carbocycles. The smallest absolute Gasteiger partial charge is 0.274 e. The number of aliphatic hydroxyl groups excluding tert-OH is 1. The maximum Gasteiger partial charge on any atom is 0.274 e. The number of nitrogens with zero attached hydrogens (tertiary/aromatic N) is 4. The molecule has 10 heteroatoms. The van der Waals surface area contributed by atoms with Crippen molar-refractivity contribution in [1.29, 1.82) is 0 Å². The molecule has 0 spiro atoms.